The minimum atomic E-state index is 0. The van der Waals surface area contributed by atoms with Crippen LogP contribution in [0.1, 0.15) is 60.8 Å². The van der Waals surface area contributed by atoms with Crippen molar-refractivity contribution >= 4 is 0 Å². The molecule has 0 atom stereocenters. The van der Waals surface area contributed by atoms with E-state index in [0.717, 1.165) is 11.8 Å². The van der Waals surface area contributed by atoms with E-state index in [-0.39, 0.29) is 14.9 Å². The zero-order chi connectivity index (χ0) is 6.69. The van der Waals surface area contributed by atoms with E-state index in [1.807, 2.05) is 0 Å². The first-order valence-electron chi connectivity index (χ1n) is 4.33. The lowest BCUT2D eigenvalue weighted by atomic mass is 9.82. The Morgan fingerprint density at radius 2 is 1.45 bits per heavy atom. The van der Waals surface area contributed by atoms with Crippen molar-refractivity contribution < 1.29 is 0 Å². The van der Waals surface area contributed by atoms with E-state index in [1.54, 1.807) is 0 Å². The second kappa shape index (κ2) is 6.69. The van der Waals surface area contributed by atoms with Crippen molar-refractivity contribution in [2.24, 2.45) is 11.8 Å². The quantitative estimate of drug-likeness (QED) is 0.527. The lowest BCUT2D eigenvalue weighted by Crippen LogP contribution is -2.10. The van der Waals surface area contributed by atoms with Gasteiger partial charge in [0.05, 0.1) is 0 Å². The molecule has 0 N–H and O–H groups in total. The largest absolute Gasteiger partial charge is 0.0776 e. The van der Waals surface area contributed by atoms with E-state index in [4.69, 9.17) is 0 Å². The van der Waals surface area contributed by atoms with Gasteiger partial charge in [0.2, 0.25) is 0 Å². The molecular weight excluding hydrogens is 132 g/mol. The van der Waals surface area contributed by atoms with Gasteiger partial charge in [-0.3, -0.25) is 0 Å². The molecule has 70 valence electrons. The standard InChI is InChI=1S/C9H18.2CH4/c1-3-9-6-4-8(2)5-7-9;;/h8-9H,3-7H2,1-2H3;2*1H4. The summed E-state index contributed by atoms with van der Waals surface area (Å²) >= 11 is 0. The van der Waals surface area contributed by atoms with Gasteiger partial charge in [-0.1, -0.05) is 60.8 Å². The molecule has 0 aromatic carbocycles. The predicted molar refractivity (Wildman–Crippen MR) is 54.9 cm³/mol. The highest BCUT2D eigenvalue weighted by Crippen LogP contribution is 2.29. The van der Waals surface area contributed by atoms with Gasteiger partial charge in [0.15, 0.2) is 0 Å². The fraction of sp³-hybridized carbons (Fsp3) is 1.00. The Labute approximate surface area is 73.4 Å². The Morgan fingerprint density at radius 1 is 1.00 bits per heavy atom. The SMILES string of the molecule is C.C.CCC1CCC(C)CC1. The van der Waals surface area contributed by atoms with Crippen LogP contribution in [0.4, 0.5) is 0 Å². The van der Waals surface area contributed by atoms with Gasteiger partial charge in [0.1, 0.15) is 0 Å². The van der Waals surface area contributed by atoms with E-state index in [1.165, 1.54) is 32.1 Å². The van der Waals surface area contributed by atoms with Gasteiger partial charge < -0.3 is 0 Å². The summed E-state index contributed by atoms with van der Waals surface area (Å²) in [5, 5.41) is 0. The van der Waals surface area contributed by atoms with Crippen molar-refractivity contribution in [1.82, 2.24) is 0 Å². The zero-order valence-corrected chi connectivity index (χ0v) is 6.69. The smallest absolute Gasteiger partial charge is 0.0417 e. The normalized spacial score (nSPS) is 30.0. The Balaban J connectivity index is 0. The Morgan fingerprint density at radius 3 is 1.82 bits per heavy atom. The van der Waals surface area contributed by atoms with Crippen LogP contribution in [0.5, 0.6) is 0 Å². The molecule has 0 aliphatic heterocycles. The minimum Gasteiger partial charge on any atom is -0.0776 e. The first-order valence-corrected chi connectivity index (χ1v) is 4.33. The molecule has 11 heavy (non-hydrogen) atoms. The molecule has 0 heterocycles. The summed E-state index contributed by atoms with van der Waals surface area (Å²) in [6.45, 7) is 4.70. The highest BCUT2D eigenvalue weighted by molar-refractivity contribution is 4.68. The van der Waals surface area contributed by atoms with E-state index in [0.29, 0.717) is 0 Å². The topological polar surface area (TPSA) is 0 Å². The van der Waals surface area contributed by atoms with Crippen LogP contribution in [0, 0.1) is 11.8 Å². The van der Waals surface area contributed by atoms with Crippen LogP contribution in [0.15, 0.2) is 0 Å². The molecule has 0 saturated heterocycles. The van der Waals surface area contributed by atoms with Gasteiger partial charge in [-0.05, 0) is 11.8 Å². The van der Waals surface area contributed by atoms with Crippen LogP contribution >= 0.6 is 0 Å². The molecule has 1 rings (SSSR count). The minimum absolute atomic E-state index is 0. The van der Waals surface area contributed by atoms with Crippen LogP contribution in [0.25, 0.3) is 0 Å². The maximum absolute atomic E-state index is 2.38. The summed E-state index contributed by atoms with van der Waals surface area (Å²) in [5.41, 5.74) is 0. The van der Waals surface area contributed by atoms with Crippen LogP contribution in [0.3, 0.4) is 0 Å². The van der Waals surface area contributed by atoms with Gasteiger partial charge in [-0.15, -0.1) is 0 Å². The van der Waals surface area contributed by atoms with Gasteiger partial charge in [-0.25, -0.2) is 0 Å². The van der Waals surface area contributed by atoms with E-state index < -0.39 is 0 Å². The van der Waals surface area contributed by atoms with Crippen molar-refractivity contribution in [3.05, 3.63) is 0 Å². The summed E-state index contributed by atoms with van der Waals surface area (Å²) in [6.07, 6.45) is 7.37. The first kappa shape index (κ1) is 13.6. The average Bonchev–Trinajstić information content (AvgIpc) is 1.90. The van der Waals surface area contributed by atoms with Crippen molar-refractivity contribution in [3.8, 4) is 0 Å². The Kier molecular flexibility index (Phi) is 8.26. The zero-order valence-electron chi connectivity index (χ0n) is 6.69. The molecular formula is C11H26. The molecule has 0 spiro atoms. The third-order valence-electron chi connectivity index (χ3n) is 2.71. The maximum Gasteiger partial charge on any atom is -0.0417 e. The molecule has 1 saturated carbocycles. The summed E-state index contributed by atoms with van der Waals surface area (Å²) < 4.78 is 0. The number of rotatable bonds is 1. The van der Waals surface area contributed by atoms with Crippen molar-refractivity contribution in [2.75, 3.05) is 0 Å². The van der Waals surface area contributed by atoms with Crippen LogP contribution in [-0.4, -0.2) is 0 Å². The predicted octanol–water partition coefficient (Wildman–Crippen LogP) is 4.49. The maximum atomic E-state index is 2.38. The first-order chi connectivity index (χ1) is 4.33. The Bertz CT molecular complexity index is 68.1. The highest BCUT2D eigenvalue weighted by Gasteiger charge is 2.15. The number of hydrogen-bond acceptors (Lipinski definition) is 0. The van der Waals surface area contributed by atoms with E-state index >= 15 is 0 Å². The molecule has 0 nitrogen and oxygen atoms in total. The Hall–Kier alpha value is 0. The third-order valence-corrected chi connectivity index (χ3v) is 2.71. The van der Waals surface area contributed by atoms with Crippen molar-refractivity contribution in [2.45, 2.75) is 60.8 Å². The number of hydrogen-bond donors (Lipinski definition) is 0. The average molecular weight is 158 g/mol. The summed E-state index contributed by atoms with van der Waals surface area (Å²) in [4.78, 5) is 0. The van der Waals surface area contributed by atoms with Crippen LogP contribution < -0.4 is 0 Å². The third kappa shape index (κ3) is 4.44. The summed E-state index contributed by atoms with van der Waals surface area (Å²) in [5.74, 6) is 2.09. The van der Waals surface area contributed by atoms with Gasteiger partial charge >= 0.3 is 0 Å². The molecule has 1 fully saturated rings. The molecule has 0 radical (unpaired) electrons. The highest BCUT2D eigenvalue weighted by atomic mass is 14.2. The molecule has 0 bridgehead atoms. The summed E-state index contributed by atoms with van der Waals surface area (Å²) in [6, 6.07) is 0. The summed E-state index contributed by atoms with van der Waals surface area (Å²) in [7, 11) is 0. The van der Waals surface area contributed by atoms with E-state index in [9.17, 15) is 0 Å². The van der Waals surface area contributed by atoms with Crippen LogP contribution in [0.2, 0.25) is 0 Å². The van der Waals surface area contributed by atoms with Crippen molar-refractivity contribution in [3.63, 3.8) is 0 Å². The lowest BCUT2D eigenvalue weighted by Gasteiger charge is -2.24. The van der Waals surface area contributed by atoms with E-state index in [2.05, 4.69) is 13.8 Å². The fourth-order valence-electron chi connectivity index (χ4n) is 1.74. The fourth-order valence-corrected chi connectivity index (χ4v) is 1.74. The second-order valence-electron chi connectivity index (χ2n) is 3.53. The molecule has 0 unspecified atom stereocenters. The molecule has 0 aromatic heterocycles. The van der Waals surface area contributed by atoms with Gasteiger partial charge in [0, 0.05) is 0 Å². The van der Waals surface area contributed by atoms with Gasteiger partial charge in [-0.2, -0.15) is 0 Å². The van der Waals surface area contributed by atoms with Crippen molar-refractivity contribution in [1.29, 1.82) is 0 Å². The molecule has 0 heteroatoms. The lowest BCUT2D eigenvalue weighted by molar-refractivity contribution is 0.284. The van der Waals surface area contributed by atoms with Gasteiger partial charge in [0.25, 0.3) is 0 Å². The molecule has 0 aromatic rings. The second-order valence-corrected chi connectivity index (χ2v) is 3.53. The molecule has 1 aliphatic carbocycles. The van der Waals surface area contributed by atoms with Crippen LogP contribution in [-0.2, 0) is 0 Å². The molecule has 0 amide bonds. The molecule has 1 aliphatic rings. The monoisotopic (exact) mass is 158 g/mol.